The zero-order chi connectivity index (χ0) is 7.94. The molecule has 0 saturated heterocycles. The van der Waals surface area contributed by atoms with Crippen LogP contribution in [0.2, 0.25) is 0 Å². The normalized spacial score (nSPS) is 16.3. The lowest BCUT2D eigenvalue weighted by Crippen LogP contribution is -1.89. The van der Waals surface area contributed by atoms with Gasteiger partial charge in [0.25, 0.3) is 0 Å². The Balaban J connectivity index is 1.94. The first kappa shape index (κ1) is 8.91. The maximum absolute atomic E-state index is 4.88. The number of thioether (sulfide) groups is 1. The highest BCUT2D eigenvalue weighted by Gasteiger charge is 2.06. The average Bonchev–Trinajstić information content (AvgIpc) is 2.50. The van der Waals surface area contributed by atoms with Crippen LogP contribution < -0.4 is 0 Å². The van der Waals surface area contributed by atoms with E-state index in [1.807, 2.05) is 11.8 Å². The highest BCUT2D eigenvalue weighted by molar-refractivity contribution is 8.13. The van der Waals surface area contributed by atoms with Gasteiger partial charge in [0, 0.05) is 6.42 Å². The smallest absolute Gasteiger partial charge is 0.123 e. The van der Waals surface area contributed by atoms with Crippen molar-refractivity contribution in [3.05, 3.63) is 0 Å². The van der Waals surface area contributed by atoms with Gasteiger partial charge < -0.3 is 4.84 Å². The van der Waals surface area contributed by atoms with E-state index in [9.17, 15) is 0 Å². The lowest BCUT2D eigenvalue weighted by Gasteiger charge is -1.96. The number of unbranched alkanes of at least 4 members (excludes halogenated alkanes) is 2. The number of oxime groups is 1. The number of nitrogens with zero attached hydrogens (tertiary/aromatic N) is 1. The van der Waals surface area contributed by atoms with Gasteiger partial charge in [0.1, 0.15) is 11.7 Å². The zero-order valence-corrected chi connectivity index (χ0v) is 7.82. The molecule has 2 nitrogen and oxygen atoms in total. The van der Waals surface area contributed by atoms with E-state index in [1.165, 1.54) is 30.1 Å². The van der Waals surface area contributed by atoms with Crippen LogP contribution in [0, 0.1) is 0 Å². The van der Waals surface area contributed by atoms with Crippen LogP contribution >= 0.6 is 11.8 Å². The van der Waals surface area contributed by atoms with Gasteiger partial charge in [-0.05, 0) is 12.2 Å². The molecule has 1 aliphatic heterocycles. The van der Waals surface area contributed by atoms with Crippen molar-refractivity contribution in [3.63, 3.8) is 0 Å². The van der Waals surface area contributed by atoms with Crippen LogP contribution in [0.4, 0.5) is 0 Å². The lowest BCUT2D eigenvalue weighted by atomic mass is 10.3. The minimum absolute atomic E-state index is 0.788. The van der Waals surface area contributed by atoms with Crippen LogP contribution in [0.3, 0.4) is 0 Å². The molecule has 0 aromatic rings. The van der Waals surface area contributed by atoms with Crippen LogP contribution in [0.5, 0.6) is 0 Å². The average molecular weight is 173 g/mol. The second kappa shape index (κ2) is 5.47. The molecule has 1 heterocycles. The monoisotopic (exact) mass is 173 g/mol. The molecule has 0 aromatic carbocycles. The fourth-order valence-corrected chi connectivity index (χ4v) is 1.85. The highest BCUT2D eigenvalue weighted by Crippen LogP contribution is 2.15. The Morgan fingerprint density at radius 1 is 1.55 bits per heavy atom. The van der Waals surface area contributed by atoms with E-state index in [0.29, 0.717) is 0 Å². The van der Waals surface area contributed by atoms with Crippen LogP contribution in [-0.2, 0) is 4.84 Å². The third-order valence-electron chi connectivity index (χ3n) is 1.59. The molecule has 0 bridgehead atoms. The van der Waals surface area contributed by atoms with Gasteiger partial charge in [-0.1, -0.05) is 24.9 Å². The Labute approximate surface area is 72.4 Å². The molecule has 0 fully saturated rings. The molecule has 0 unspecified atom stereocenters. The largest absolute Gasteiger partial charge is 0.395 e. The molecule has 0 radical (unpaired) electrons. The summed E-state index contributed by atoms with van der Waals surface area (Å²) >= 11 is 1.85. The van der Waals surface area contributed by atoms with E-state index in [2.05, 4.69) is 12.1 Å². The van der Waals surface area contributed by atoms with Crippen molar-refractivity contribution in [2.24, 2.45) is 5.16 Å². The third-order valence-corrected chi connectivity index (χ3v) is 2.69. The Kier molecular flexibility index (Phi) is 4.43. The molecule has 0 aromatic heterocycles. The molecular formula is C8H15NOS. The number of hydrogen-bond acceptors (Lipinski definition) is 3. The van der Waals surface area contributed by atoms with E-state index in [-0.39, 0.29) is 0 Å². The SMILES string of the molecule is CCCCCSC1=NOCC1. The molecule has 1 rings (SSSR count). The van der Waals surface area contributed by atoms with Gasteiger partial charge >= 0.3 is 0 Å². The maximum atomic E-state index is 4.88. The highest BCUT2D eigenvalue weighted by atomic mass is 32.2. The van der Waals surface area contributed by atoms with Gasteiger partial charge in [0.2, 0.25) is 0 Å². The van der Waals surface area contributed by atoms with Gasteiger partial charge in [-0.25, -0.2) is 0 Å². The predicted molar refractivity (Wildman–Crippen MR) is 50.0 cm³/mol. The number of hydrogen-bond donors (Lipinski definition) is 0. The molecule has 0 aliphatic carbocycles. The van der Waals surface area contributed by atoms with Crippen molar-refractivity contribution < 1.29 is 4.84 Å². The summed E-state index contributed by atoms with van der Waals surface area (Å²) in [4.78, 5) is 4.88. The van der Waals surface area contributed by atoms with Crippen LogP contribution in [-0.4, -0.2) is 17.4 Å². The molecule has 0 saturated carbocycles. The zero-order valence-electron chi connectivity index (χ0n) is 7.01. The summed E-state index contributed by atoms with van der Waals surface area (Å²) in [6, 6.07) is 0. The fraction of sp³-hybridized carbons (Fsp3) is 0.875. The Morgan fingerprint density at radius 3 is 3.09 bits per heavy atom. The van der Waals surface area contributed by atoms with Crippen molar-refractivity contribution >= 4 is 16.8 Å². The first-order valence-electron chi connectivity index (χ1n) is 4.25. The Hall–Kier alpha value is -0.180. The quantitative estimate of drug-likeness (QED) is 0.609. The van der Waals surface area contributed by atoms with E-state index in [0.717, 1.165) is 13.0 Å². The Bertz CT molecular complexity index is 136. The molecule has 3 heteroatoms. The fourth-order valence-electron chi connectivity index (χ4n) is 0.937. The van der Waals surface area contributed by atoms with Crippen LogP contribution in [0.1, 0.15) is 32.6 Å². The van der Waals surface area contributed by atoms with Crippen LogP contribution in [0.25, 0.3) is 0 Å². The van der Waals surface area contributed by atoms with Gasteiger partial charge in [-0.3, -0.25) is 0 Å². The molecule has 1 aliphatic rings. The number of rotatable bonds is 4. The van der Waals surface area contributed by atoms with E-state index in [1.54, 1.807) is 0 Å². The first-order chi connectivity index (χ1) is 5.43. The van der Waals surface area contributed by atoms with Crippen molar-refractivity contribution in [2.45, 2.75) is 32.6 Å². The summed E-state index contributed by atoms with van der Waals surface area (Å²) in [5.74, 6) is 1.20. The second-order valence-electron chi connectivity index (χ2n) is 2.62. The standard InChI is InChI=1S/C8H15NOS/c1-2-3-4-7-11-8-5-6-10-9-8/h2-7H2,1H3. The predicted octanol–water partition coefficient (Wildman–Crippen LogP) is 2.64. The second-order valence-corrected chi connectivity index (χ2v) is 3.79. The summed E-state index contributed by atoms with van der Waals surface area (Å²) in [7, 11) is 0. The molecule has 64 valence electrons. The summed E-state index contributed by atoms with van der Waals surface area (Å²) in [5, 5.41) is 5.09. The van der Waals surface area contributed by atoms with Crippen molar-refractivity contribution in [1.82, 2.24) is 0 Å². The van der Waals surface area contributed by atoms with E-state index >= 15 is 0 Å². The summed E-state index contributed by atoms with van der Waals surface area (Å²) in [5.41, 5.74) is 0. The summed E-state index contributed by atoms with van der Waals surface area (Å²) < 4.78 is 0. The first-order valence-corrected chi connectivity index (χ1v) is 5.23. The summed E-state index contributed by atoms with van der Waals surface area (Å²) in [6.45, 7) is 3.01. The molecular weight excluding hydrogens is 158 g/mol. The van der Waals surface area contributed by atoms with Crippen molar-refractivity contribution in [3.8, 4) is 0 Å². The van der Waals surface area contributed by atoms with E-state index in [4.69, 9.17) is 4.84 Å². The molecule has 11 heavy (non-hydrogen) atoms. The van der Waals surface area contributed by atoms with Crippen LogP contribution in [0.15, 0.2) is 5.16 Å². The van der Waals surface area contributed by atoms with E-state index < -0.39 is 0 Å². The molecule has 0 atom stereocenters. The van der Waals surface area contributed by atoms with Gasteiger partial charge in [0.15, 0.2) is 0 Å². The van der Waals surface area contributed by atoms with Gasteiger partial charge in [-0.2, -0.15) is 0 Å². The topological polar surface area (TPSA) is 21.6 Å². The minimum atomic E-state index is 0.788. The van der Waals surface area contributed by atoms with Crippen molar-refractivity contribution in [1.29, 1.82) is 0 Å². The van der Waals surface area contributed by atoms with Crippen molar-refractivity contribution in [2.75, 3.05) is 12.4 Å². The van der Waals surface area contributed by atoms with Gasteiger partial charge in [0.05, 0.1) is 0 Å². The lowest BCUT2D eigenvalue weighted by molar-refractivity contribution is 0.174. The minimum Gasteiger partial charge on any atom is -0.395 e. The molecule has 0 amide bonds. The van der Waals surface area contributed by atoms with Gasteiger partial charge in [-0.15, -0.1) is 11.8 Å². The third kappa shape index (κ3) is 3.65. The summed E-state index contributed by atoms with van der Waals surface area (Å²) in [6.07, 6.45) is 4.96. The molecule has 0 spiro atoms. The molecule has 0 N–H and O–H groups in total. The maximum Gasteiger partial charge on any atom is 0.123 e. The Morgan fingerprint density at radius 2 is 2.45 bits per heavy atom.